The third-order valence-corrected chi connectivity index (χ3v) is 4.46. The van der Waals surface area contributed by atoms with Gasteiger partial charge in [0.05, 0.1) is 11.0 Å². The molecule has 0 bridgehead atoms. The van der Waals surface area contributed by atoms with Gasteiger partial charge in [-0.2, -0.15) is 0 Å². The lowest BCUT2D eigenvalue weighted by Crippen LogP contribution is -2.41. The fourth-order valence-corrected chi connectivity index (χ4v) is 3.25. The summed E-state index contributed by atoms with van der Waals surface area (Å²) < 4.78 is 3.12. The molecule has 7 heteroatoms. The first-order valence-corrected chi connectivity index (χ1v) is 7.67. The predicted octanol–water partition coefficient (Wildman–Crippen LogP) is 0.806. The highest BCUT2D eigenvalue weighted by Gasteiger charge is 2.33. The van der Waals surface area contributed by atoms with Crippen LogP contribution in [0.1, 0.15) is 19.3 Å². The maximum absolute atomic E-state index is 12.3. The number of fused-ring (bicyclic) bond motifs is 1. The highest BCUT2D eigenvalue weighted by molar-refractivity contribution is 5.84. The Kier molecular flexibility index (Phi) is 3.94. The number of carbonyl (C=O) groups excluding carboxylic acids is 1. The number of para-hydroxylation sites is 2. The summed E-state index contributed by atoms with van der Waals surface area (Å²) in [5, 5.41) is 9.15. The number of carboxylic acids is 1. The molecule has 1 aromatic heterocycles. The Hall–Kier alpha value is -2.57. The van der Waals surface area contributed by atoms with Crippen LogP contribution in [0.3, 0.4) is 0 Å². The number of hydrogen-bond donors (Lipinski definition) is 1. The predicted molar refractivity (Wildman–Crippen MR) is 84.2 cm³/mol. The van der Waals surface area contributed by atoms with Crippen LogP contribution in [0.4, 0.5) is 0 Å². The second-order valence-electron chi connectivity index (χ2n) is 5.82. The Morgan fingerprint density at radius 2 is 1.96 bits per heavy atom. The van der Waals surface area contributed by atoms with Crippen molar-refractivity contribution in [1.82, 2.24) is 14.0 Å². The molecule has 1 atom stereocenters. The van der Waals surface area contributed by atoms with E-state index in [9.17, 15) is 14.4 Å². The first-order chi connectivity index (χ1) is 11.0. The number of aliphatic carboxylic acids is 1. The molecular weight excluding hydrogens is 298 g/mol. The van der Waals surface area contributed by atoms with Gasteiger partial charge in [0.2, 0.25) is 5.91 Å². The van der Waals surface area contributed by atoms with Crippen molar-refractivity contribution in [2.45, 2.75) is 31.8 Å². The summed E-state index contributed by atoms with van der Waals surface area (Å²) in [6.07, 6.45) is 1.32. The number of carboxylic acid groups (broad SMARTS) is 1. The Bertz CT molecular complexity index is 820. The Labute approximate surface area is 132 Å². The van der Waals surface area contributed by atoms with Crippen LogP contribution < -0.4 is 5.69 Å². The maximum Gasteiger partial charge on any atom is 0.328 e. The van der Waals surface area contributed by atoms with Gasteiger partial charge in [0.15, 0.2) is 0 Å². The van der Waals surface area contributed by atoms with E-state index >= 15 is 0 Å². The van der Waals surface area contributed by atoms with Crippen molar-refractivity contribution in [1.29, 1.82) is 0 Å². The third-order valence-electron chi connectivity index (χ3n) is 4.46. The number of amides is 1. The zero-order chi connectivity index (χ0) is 16.6. The van der Waals surface area contributed by atoms with Gasteiger partial charge in [0, 0.05) is 26.6 Å². The number of aromatic nitrogens is 2. The Morgan fingerprint density at radius 3 is 2.65 bits per heavy atom. The minimum atomic E-state index is -0.960. The quantitative estimate of drug-likeness (QED) is 0.904. The van der Waals surface area contributed by atoms with Gasteiger partial charge in [0.25, 0.3) is 0 Å². The van der Waals surface area contributed by atoms with E-state index in [2.05, 4.69) is 0 Å². The standard InChI is InChI=1S/C16H19N3O4/c1-17-11-5-2-3-6-12(11)19(16(17)23)10-8-14(20)18-9-4-7-13(18)15(21)22/h2-3,5-6,13H,4,7-10H2,1H3,(H,21,22). The highest BCUT2D eigenvalue weighted by Crippen LogP contribution is 2.19. The van der Waals surface area contributed by atoms with E-state index in [4.69, 9.17) is 5.11 Å². The van der Waals surface area contributed by atoms with Gasteiger partial charge >= 0.3 is 11.7 Å². The number of benzene rings is 1. The summed E-state index contributed by atoms with van der Waals surface area (Å²) in [6.45, 7) is 0.724. The average Bonchev–Trinajstić information content (AvgIpc) is 3.11. The summed E-state index contributed by atoms with van der Waals surface area (Å²) in [4.78, 5) is 37.2. The van der Waals surface area contributed by atoms with E-state index in [1.807, 2.05) is 24.3 Å². The van der Waals surface area contributed by atoms with Crippen LogP contribution in [-0.4, -0.2) is 43.6 Å². The van der Waals surface area contributed by atoms with Crippen molar-refractivity contribution in [3.8, 4) is 0 Å². The lowest BCUT2D eigenvalue weighted by Gasteiger charge is -2.21. The molecule has 1 N–H and O–H groups in total. The maximum atomic E-state index is 12.3. The van der Waals surface area contributed by atoms with E-state index in [0.717, 1.165) is 11.0 Å². The molecule has 3 rings (SSSR count). The van der Waals surface area contributed by atoms with Crippen LogP contribution in [0.5, 0.6) is 0 Å². The average molecular weight is 317 g/mol. The molecule has 0 radical (unpaired) electrons. The van der Waals surface area contributed by atoms with E-state index in [1.54, 1.807) is 16.2 Å². The first-order valence-electron chi connectivity index (χ1n) is 7.67. The minimum Gasteiger partial charge on any atom is -0.480 e. The summed E-state index contributed by atoms with van der Waals surface area (Å²) in [5.41, 5.74) is 1.42. The van der Waals surface area contributed by atoms with E-state index < -0.39 is 12.0 Å². The number of hydrogen-bond acceptors (Lipinski definition) is 3. The van der Waals surface area contributed by atoms with Crippen molar-refractivity contribution < 1.29 is 14.7 Å². The fraction of sp³-hybridized carbons (Fsp3) is 0.438. The number of nitrogens with zero attached hydrogens (tertiary/aromatic N) is 3. The molecule has 2 aromatic rings. The monoisotopic (exact) mass is 317 g/mol. The molecule has 1 aliphatic heterocycles. The van der Waals surface area contributed by atoms with Crippen LogP contribution >= 0.6 is 0 Å². The number of carbonyl (C=O) groups is 2. The van der Waals surface area contributed by atoms with Crippen molar-refractivity contribution in [2.24, 2.45) is 7.05 Å². The van der Waals surface area contributed by atoms with Gasteiger partial charge in [-0.25, -0.2) is 9.59 Å². The van der Waals surface area contributed by atoms with Crippen molar-refractivity contribution in [3.05, 3.63) is 34.7 Å². The zero-order valence-electron chi connectivity index (χ0n) is 12.9. The molecule has 23 heavy (non-hydrogen) atoms. The molecule has 0 aliphatic carbocycles. The fourth-order valence-electron chi connectivity index (χ4n) is 3.25. The van der Waals surface area contributed by atoms with Crippen LogP contribution in [0.2, 0.25) is 0 Å². The van der Waals surface area contributed by atoms with Gasteiger partial charge < -0.3 is 10.0 Å². The minimum absolute atomic E-state index is 0.123. The molecule has 2 heterocycles. The second-order valence-corrected chi connectivity index (χ2v) is 5.82. The molecule has 1 amide bonds. The molecule has 0 saturated carbocycles. The zero-order valence-corrected chi connectivity index (χ0v) is 12.9. The SMILES string of the molecule is Cn1c(=O)n(CCC(=O)N2CCCC2C(=O)O)c2ccccc21. The molecule has 1 saturated heterocycles. The smallest absolute Gasteiger partial charge is 0.328 e. The largest absolute Gasteiger partial charge is 0.480 e. The molecular formula is C16H19N3O4. The molecule has 1 aliphatic rings. The molecule has 1 aromatic carbocycles. The van der Waals surface area contributed by atoms with Crippen LogP contribution in [-0.2, 0) is 23.2 Å². The Morgan fingerprint density at radius 1 is 1.26 bits per heavy atom. The van der Waals surface area contributed by atoms with Gasteiger partial charge in [-0.1, -0.05) is 12.1 Å². The molecule has 122 valence electrons. The molecule has 7 nitrogen and oxygen atoms in total. The number of imidazole rings is 1. The lowest BCUT2D eigenvalue weighted by atomic mass is 10.2. The topological polar surface area (TPSA) is 84.5 Å². The van der Waals surface area contributed by atoms with Gasteiger partial charge in [-0.05, 0) is 25.0 Å². The molecule has 1 fully saturated rings. The van der Waals surface area contributed by atoms with Gasteiger partial charge in [-0.15, -0.1) is 0 Å². The van der Waals surface area contributed by atoms with Crippen molar-refractivity contribution >= 4 is 22.9 Å². The summed E-state index contributed by atoms with van der Waals surface area (Å²) in [7, 11) is 1.70. The highest BCUT2D eigenvalue weighted by atomic mass is 16.4. The third kappa shape index (κ3) is 2.62. The van der Waals surface area contributed by atoms with E-state index in [-0.39, 0.29) is 24.6 Å². The van der Waals surface area contributed by atoms with E-state index in [0.29, 0.717) is 19.4 Å². The number of aryl methyl sites for hydroxylation is 2. The number of rotatable bonds is 4. The van der Waals surface area contributed by atoms with E-state index in [1.165, 1.54) is 4.90 Å². The summed E-state index contributed by atoms with van der Waals surface area (Å²) >= 11 is 0. The molecule has 0 spiro atoms. The summed E-state index contributed by atoms with van der Waals surface area (Å²) in [5.74, 6) is -1.17. The second kappa shape index (κ2) is 5.91. The van der Waals surface area contributed by atoms with Crippen molar-refractivity contribution in [2.75, 3.05) is 6.54 Å². The normalized spacial score (nSPS) is 17.8. The Balaban J connectivity index is 1.79. The lowest BCUT2D eigenvalue weighted by molar-refractivity contribution is -0.148. The van der Waals surface area contributed by atoms with Crippen molar-refractivity contribution in [3.63, 3.8) is 0 Å². The van der Waals surface area contributed by atoms with Crippen LogP contribution in [0.15, 0.2) is 29.1 Å². The van der Waals surface area contributed by atoms with Crippen LogP contribution in [0, 0.1) is 0 Å². The van der Waals surface area contributed by atoms with Crippen LogP contribution in [0.25, 0.3) is 11.0 Å². The first kappa shape index (κ1) is 15.3. The molecule has 1 unspecified atom stereocenters. The van der Waals surface area contributed by atoms with Gasteiger partial charge in [0.1, 0.15) is 6.04 Å². The summed E-state index contributed by atoms with van der Waals surface area (Å²) in [6, 6.07) is 6.68. The van der Waals surface area contributed by atoms with Gasteiger partial charge in [-0.3, -0.25) is 13.9 Å². The number of likely N-dealkylation sites (tertiary alicyclic amines) is 1.